The van der Waals surface area contributed by atoms with Gasteiger partial charge in [-0.15, -0.1) is 0 Å². The van der Waals surface area contributed by atoms with Gasteiger partial charge in [0.25, 0.3) is 0 Å². The molecule has 0 aromatic heterocycles. The Balaban J connectivity index is 4.30. The molecule has 0 fully saturated rings. The average Bonchev–Trinajstić information content (AvgIpc) is 1.91. The minimum absolute atomic E-state index is 0.819. The van der Waals surface area contributed by atoms with E-state index < -0.39 is 0 Å². The molecule has 0 atom stereocenters. The molecule has 0 radical (unpaired) electrons. The summed E-state index contributed by atoms with van der Waals surface area (Å²) >= 11 is 0. The Labute approximate surface area is 62.9 Å². The van der Waals surface area contributed by atoms with E-state index >= 15 is 0 Å². The van der Waals surface area contributed by atoms with Crippen LogP contribution in [-0.2, 0) is 0 Å². The second-order valence-corrected chi connectivity index (χ2v) is 2.03. The summed E-state index contributed by atoms with van der Waals surface area (Å²) in [6.45, 7) is 7.64. The van der Waals surface area contributed by atoms with Gasteiger partial charge in [0, 0.05) is 5.70 Å². The van der Waals surface area contributed by atoms with Crippen LogP contribution in [0.25, 0.3) is 0 Å². The van der Waals surface area contributed by atoms with Crippen molar-refractivity contribution in [2.24, 2.45) is 5.73 Å². The second-order valence-electron chi connectivity index (χ2n) is 2.03. The fourth-order valence-corrected chi connectivity index (χ4v) is 0.809. The number of rotatable bonds is 3. The van der Waals surface area contributed by atoms with Crippen LogP contribution in [0.4, 0.5) is 0 Å². The van der Waals surface area contributed by atoms with Gasteiger partial charge in [-0.1, -0.05) is 25.7 Å². The highest BCUT2D eigenvalue weighted by atomic mass is 14.6. The van der Waals surface area contributed by atoms with E-state index in [1.807, 2.05) is 19.1 Å². The summed E-state index contributed by atoms with van der Waals surface area (Å²) in [7, 11) is 0. The van der Waals surface area contributed by atoms with Crippen molar-refractivity contribution >= 4 is 0 Å². The maximum Gasteiger partial charge on any atom is 0.0342 e. The smallest absolute Gasteiger partial charge is 0.0342 e. The molecular weight excluding hydrogens is 122 g/mol. The van der Waals surface area contributed by atoms with Gasteiger partial charge >= 0.3 is 0 Å². The number of allylic oxidation sites excluding steroid dienone is 4. The summed E-state index contributed by atoms with van der Waals surface area (Å²) in [5, 5.41) is 0. The quantitative estimate of drug-likeness (QED) is 0.594. The highest BCUT2D eigenvalue weighted by Gasteiger charge is 1.92. The first kappa shape index (κ1) is 9.02. The van der Waals surface area contributed by atoms with Crippen LogP contribution in [0.15, 0.2) is 36.1 Å². The van der Waals surface area contributed by atoms with Crippen molar-refractivity contribution < 1.29 is 0 Å². The van der Waals surface area contributed by atoms with Gasteiger partial charge in [0.05, 0.1) is 0 Å². The minimum atomic E-state index is 0.819. The summed E-state index contributed by atoms with van der Waals surface area (Å²) in [6.07, 6.45) is 6.52. The van der Waals surface area contributed by atoms with Crippen molar-refractivity contribution in [3.05, 3.63) is 36.1 Å². The second kappa shape index (κ2) is 4.86. The lowest BCUT2D eigenvalue weighted by Gasteiger charge is -2.01. The molecule has 0 rings (SSSR count). The lowest BCUT2D eigenvalue weighted by atomic mass is 10.1. The van der Waals surface area contributed by atoms with Crippen LogP contribution in [0.2, 0.25) is 0 Å². The zero-order chi connectivity index (χ0) is 7.98. The third kappa shape index (κ3) is 2.53. The van der Waals surface area contributed by atoms with Crippen molar-refractivity contribution in [3.63, 3.8) is 0 Å². The first-order chi connectivity index (χ1) is 4.76. The lowest BCUT2D eigenvalue weighted by molar-refractivity contribution is 1.08. The first-order valence-electron chi connectivity index (χ1n) is 3.50. The Kier molecular flexibility index (Phi) is 4.38. The van der Waals surface area contributed by atoms with Gasteiger partial charge in [-0.2, -0.15) is 0 Å². The standard InChI is InChI=1S/C9H15N/c1-4-7-9(10)8(5-2)6-3/h4-5,7H,1,6,10H2,2-3H3/b8-5-,9-7+. The lowest BCUT2D eigenvalue weighted by Crippen LogP contribution is -1.99. The third-order valence-corrected chi connectivity index (χ3v) is 1.40. The third-order valence-electron chi connectivity index (χ3n) is 1.40. The summed E-state index contributed by atoms with van der Waals surface area (Å²) in [5.74, 6) is 0. The monoisotopic (exact) mass is 137 g/mol. The van der Waals surface area contributed by atoms with Crippen LogP contribution in [0.1, 0.15) is 20.3 Å². The molecule has 0 saturated heterocycles. The molecule has 10 heavy (non-hydrogen) atoms. The van der Waals surface area contributed by atoms with Gasteiger partial charge in [-0.25, -0.2) is 0 Å². The molecule has 0 aliphatic rings. The Hall–Kier alpha value is -0.980. The van der Waals surface area contributed by atoms with Crippen LogP contribution >= 0.6 is 0 Å². The average molecular weight is 137 g/mol. The molecule has 0 aliphatic carbocycles. The summed E-state index contributed by atoms with van der Waals surface area (Å²) in [6, 6.07) is 0. The molecule has 0 amide bonds. The number of hydrogen-bond acceptors (Lipinski definition) is 1. The normalized spacial score (nSPS) is 13.4. The van der Waals surface area contributed by atoms with Crippen molar-refractivity contribution in [2.45, 2.75) is 20.3 Å². The summed E-state index contributed by atoms with van der Waals surface area (Å²) < 4.78 is 0. The molecule has 0 aromatic carbocycles. The molecule has 1 heteroatoms. The van der Waals surface area contributed by atoms with Gasteiger partial charge in [-0.05, 0) is 25.0 Å². The fourth-order valence-electron chi connectivity index (χ4n) is 0.809. The molecule has 0 bridgehead atoms. The molecule has 0 saturated carbocycles. The molecule has 2 N–H and O–H groups in total. The SMILES string of the molecule is C=C/C=C(N)\C(=C/C)CC. The number of nitrogens with two attached hydrogens (primary N) is 1. The van der Waals surface area contributed by atoms with Gasteiger partial charge in [0.2, 0.25) is 0 Å². The van der Waals surface area contributed by atoms with E-state index in [2.05, 4.69) is 13.5 Å². The van der Waals surface area contributed by atoms with E-state index in [-0.39, 0.29) is 0 Å². The number of hydrogen-bond donors (Lipinski definition) is 1. The summed E-state index contributed by atoms with van der Waals surface area (Å²) in [5.41, 5.74) is 7.67. The topological polar surface area (TPSA) is 26.0 Å². The Morgan fingerprint density at radius 1 is 1.60 bits per heavy atom. The van der Waals surface area contributed by atoms with Crippen LogP contribution < -0.4 is 5.73 Å². The minimum Gasteiger partial charge on any atom is -0.399 e. The van der Waals surface area contributed by atoms with E-state index in [0.29, 0.717) is 0 Å². The van der Waals surface area contributed by atoms with Crippen LogP contribution in [0.3, 0.4) is 0 Å². The molecule has 0 unspecified atom stereocenters. The summed E-state index contributed by atoms with van der Waals surface area (Å²) in [4.78, 5) is 0. The maximum absolute atomic E-state index is 5.67. The molecule has 0 aromatic rings. The van der Waals surface area contributed by atoms with Crippen molar-refractivity contribution in [1.29, 1.82) is 0 Å². The largest absolute Gasteiger partial charge is 0.399 e. The van der Waals surface area contributed by atoms with Gasteiger partial charge in [0.1, 0.15) is 0 Å². The maximum atomic E-state index is 5.67. The van der Waals surface area contributed by atoms with Crippen molar-refractivity contribution in [2.75, 3.05) is 0 Å². The Morgan fingerprint density at radius 2 is 2.20 bits per heavy atom. The van der Waals surface area contributed by atoms with Crippen LogP contribution in [-0.4, -0.2) is 0 Å². The predicted molar refractivity (Wildman–Crippen MR) is 46.5 cm³/mol. The van der Waals surface area contributed by atoms with E-state index in [9.17, 15) is 0 Å². The Morgan fingerprint density at radius 3 is 2.50 bits per heavy atom. The molecule has 56 valence electrons. The highest BCUT2D eigenvalue weighted by Crippen LogP contribution is 2.07. The molecule has 0 heterocycles. The van der Waals surface area contributed by atoms with E-state index in [1.165, 1.54) is 5.57 Å². The fraction of sp³-hybridized carbons (Fsp3) is 0.333. The van der Waals surface area contributed by atoms with Crippen LogP contribution in [0, 0.1) is 0 Å². The molecule has 0 spiro atoms. The van der Waals surface area contributed by atoms with E-state index in [4.69, 9.17) is 5.73 Å². The van der Waals surface area contributed by atoms with Crippen LogP contribution in [0.5, 0.6) is 0 Å². The van der Waals surface area contributed by atoms with Crippen molar-refractivity contribution in [3.8, 4) is 0 Å². The molecular formula is C9H15N. The zero-order valence-electron chi connectivity index (χ0n) is 6.72. The van der Waals surface area contributed by atoms with Crippen molar-refractivity contribution in [1.82, 2.24) is 0 Å². The predicted octanol–water partition coefficient (Wildman–Crippen LogP) is 2.37. The van der Waals surface area contributed by atoms with Gasteiger partial charge in [-0.3, -0.25) is 0 Å². The zero-order valence-corrected chi connectivity index (χ0v) is 6.72. The molecule has 0 aliphatic heterocycles. The van der Waals surface area contributed by atoms with Gasteiger partial charge < -0.3 is 5.73 Å². The first-order valence-corrected chi connectivity index (χ1v) is 3.50. The molecule has 1 nitrogen and oxygen atoms in total. The van der Waals surface area contributed by atoms with E-state index in [1.54, 1.807) is 6.08 Å². The Bertz CT molecular complexity index is 164. The van der Waals surface area contributed by atoms with E-state index in [0.717, 1.165) is 12.1 Å². The van der Waals surface area contributed by atoms with Gasteiger partial charge in [0.15, 0.2) is 0 Å². The highest BCUT2D eigenvalue weighted by molar-refractivity contribution is 5.29.